The Balaban J connectivity index is 1.68. The number of carbonyl (C=O) groups excluding carboxylic acids is 2. The average Bonchev–Trinajstić information content (AvgIpc) is 3.09. The van der Waals surface area contributed by atoms with Gasteiger partial charge in [-0.2, -0.15) is 13.2 Å². The molecule has 3 rings (SSSR count). The number of alkyl halides is 3. The molecule has 1 aromatic heterocycles. The summed E-state index contributed by atoms with van der Waals surface area (Å²) in [6, 6.07) is 13.0. The first-order valence-electron chi connectivity index (χ1n) is 9.08. The number of furan rings is 1. The Bertz CT molecular complexity index is 791. The summed E-state index contributed by atoms with van der Waals surface area (Å²) in [6.45, 7) is 0.268. The largest absolute Gasteiger partial charge is 0.471 e. The summed E-state index contributed by atoms with van der Waals surface area (Å²) in [5.41, 5.74) is 0.925. The molecule has 1 aliphatic rings. The van der Waals surface area contributed by atoms with Crippen molar-refractivity contribution in [1.29, 1.82) is 0 Å². The molecule has 2 aromatic rings. The van der Waals surface area contributed by atoms with Gasteiger partial charge >= 0.3 is 12.1 Å². The summed E-state index contributed by atoms with van der Waals surface area (Å²) in [5, 5.41) is 0. The van der Waals surface area contributed by atoms with Gasteiger partial charge in [0.15, 0.2) is 0 Å². The van der Waals surface area contributed by atoms with Crippen LogP contribution >= 0.6 is 0 Å². The first kappa shape index (κ1) is 20.0. The molecule has 0 radical (unpaired) electrons. The second kappa shape index (κ2) is 8.50. The van der Waals surface area contributed by atoms with E-state index in [1.54, 1.807) is 18.4 Å². The predicted molar refractivity (Wildman–Crippen MR) is 95.4 cm³/mol. The first-order chi connectivity index (χ1) is 13.4. The molecule has 1 atom stereocenters. The summed E-state index contributed by atoms with van der Waals surface area (Å²) in [6.07, 6.45) is -2.89. The molecule has 0 spiro atoms. The van der Waals surface area contributed by atoms with E-state index in [1.807, 2.05) is 30.3 Å². The quantitative estimate of drug-likeness (QED) is 0.799. The minimum absolute atomic E-state index is 0.0115. The van der Waals surface area contributed by atoms with Crippen molar-refractivity contribution in [1.82, 2.24) is 9.80 Å². The lowest BCUT2D eigenvalue weighted by atomic mass is 9.92. The predicted octanol–water partition coefficient (Wildman–Crippen LogP) is 3.42. The smallest absolute Gasteiger partial charge is 0.469 e. The molecule has 5 nitrogen and oxygen atoms in total. The van der Waals surface area contributed by atoms with Crippen LogP contribution in [0.25, 0.3) is 0 Å². The molecule has 0 saturated carbocycles. The molecular formula is C20H21F3N2O3. The third kappa shape index (κ3) is 4.74. The van der Waals surface area contributed by atoms with Gasteiger partial charge in [-0.1, -0.05) is 30.3 Å². The molecule has 2 heterocycles. The highest BCUT2D eigenvalue weighted by Crippen LogP contribution is 2.29. The number of amides is 2. The van der Waals surface area contributed by atoms with Gasteiger partial charge in [0.25, 0.3) is 0 Å². The Labute approximate surface area is 160 Å². The van der Waals surface area contributed by atoms with Crippen molar-refractivity contribution >= 4 is 11.8 Å². The summed E-state index contributed by atoms with van der Waals surface area (Å²) in [5.74, 6) is -1.64. The van der Waals surface area contributed by atoms with Gasteiger partial charge in [0.1, 0.15) is 5.76 Å². The van der Waals surface area contributed by atoms with Crippen LogP contribution in [0.4, 0.5) is 13.2 Å². The van der Waals surface area contributed by atoms with E-state index >= 15 is 0 Å². The Hall–Kier alpha value is -2.77. The van der Waals surface area contributed by atoms with Crippen LogP contribution < -0.4 is 0 Å². The van der Waals surface area contributed by atoms with Crippen LogP contribution in [-0.2, 0) is 9.59 Å². The maximum atomic E-state index is 12.9. The van der Waals surface area contributed by atoms with Crippen molar-refractivity contribution in [3.63, 3.8) is 0 Å². The number of carbonyl (C=O) groups is 2. The fourth-order valence-electron chi connectivity index (χ4n) is 3.41. The van der Waals surface area contributed by atoms with E-state index < -0.39 is 12.1 Å². The van der Waals surface area contributed by atoms with Crippen LogP contribution in [0, 0.1) is 0 Å². The summed E-state index contributed by atoms with van der Waals surface area (Å²) >= 11 is 0. The van der Waals surface area contributed by atoms with Crippen molar-refractivity contribution in [3.8, 4) is 0 Å². The number of nitrogens with zero attached hydrogens (tertiary/aromatic N) is 2. The first-order valence-corrected chi connectivity index (χ1v) is 9.08. The number of hydrogen-bond acceptors (Lipinski definition) is 3. The molecular weight excluding hydrogens is 373 g/mol. The third-order valence-corrected chi connectivity index (χ3v) is 4.85. The van der Waals surface area contributed by atoms with E-state index in [9.17, 15) is 22.8 Å². The molecule has 1 aliphatic heterocycles. The Morgan fingerprint density at radius 2 is 1.64 bits per heavy atom. The van der Waals surface area contributed by atoms with Crippen molar-refractivity contribution in [2.24, 2.45) is 0 Å². The standard InChI is InChI=1S/C20H21F3N2O3/c21-20(22,23)19(27)25-10-5-9-24(11-12-25)18(26)14-16(17-8-4-13-28-17)15-6-2-1-3-7-15/h1-4,6-8,13,16H,5,9-12,14H2. The normalized spacial score (nSPS) is 16.5. The van der Waals surface area contributed by atoms with Gasteiger partial charge in [0.05, 0.1) is 12.2 Å². The molecule has 1 saturated heterocycles. The van der Waals surface area contributed by atoms with Gasteiger partial charge < -0.3 is 14.2 Å². The third-order valence-electron chi connectivity index (χ3n) is 4.85. The van der Waals surface area contributed by atoms with E-state index in [0.29, 0.717) is 18.7 Å². The SMILES string of the molecule is O=C(CC(c1ccccc1)c1ccco1)N1CCCN(C(=O)C(F)(F)F)CC1. The average molecular weight is 394 g/mol. The van der Waals surface area contributed by atoms with Crippen LogP contribution in [0.2, 0.25) is 0 Å². The lowest BCUT2D eigenvalue weighted by Crippen LogP contribution is -2.43. The zero-order valence-corrected chi connectivity index (χ0v) is 15.2. The van der Waals surface area contributed by atoms with Crippen molar-refractivity contribution in [2.75, 3.05) is 26.2 Å². The zero-order valence-electron chi connectivity index (χ0n) is 15.2. The summed E-state index contributed by atoms with van der Waals surface area (Å²) < 4.78 is 43.5. The van der Waals surface area contributed by atoms with E-state index in [2.05, 4.69) is 0 Å². The highest BCUT2D eigenvalue weighted by atomic mass is 19.4. The number of halogens is 3. The van der Waals surface area contributed by atoms with Crippen LogP contribution in [0.1, 0.15) is 30.1 Å². The molecule has 28 heavy (non-hydrogen) atoms. The molecule has 1 aromatic carbocycles. The van der Waals surface area contributed by atoms with E-state index in [0.717, 1.165) is 10.5 Å². The van der Waals surface area contributed by atoms with Gasteiger partial charge in [-0.15, -0.1) is 0 Å². The highest BCUT2D eigenvalue weighted by molar-refractivity contribution is 5.82. The molecule has 8 heteroatoms. The van der Waals surface area contributed by atoms with E-state index in [-0.39, 0.29) is 37.9 Å². The zero-order chi connectivity index (χ0) is 20.1. The van der Waals surface area contributed by atoms with E-state index in [1.165, 1.54) is 4.90 Å². The topological polar surface area (TPSA) is 53.8 Å². The number of rotatable bonds is 4. The summed E-state index contributed by atoms with van der Waals surface area (Å²) in [4.78, 5) is 26.6. The van der Waals surface area contributed by atoms with E-state index in [4.69, 9.17) is 4.42 Å². The van der Waals surface area contributed by atoms with Crippen molar-refractivity contribution in [2.45, 2.75) is 24.9 Å². The molecule has 1 fully saturated rings. The maximum Gasteiger partial charge on any atom is 0.471 e. The fraction of sp³-hybridized carbons (Fsp3) is 0.400. The van der Waals surface area contributed by atoms with Crippen LogP contribution in [0.3, 0.4) is 0 Å². The second-order valence-corrected chi connectivity index (χ2v) is 6.71. The van der Waals surface area contributed by atoms with Gasteiger partial charge in [0, 0.05) is 32.6 Å². The summed E-state index contributed by atoms with van der Waals surface area (Å²) in [7, 11) is 0. The number of benzene rings is 1. The molecule has 0 N–H and O–H groups in total. The molecule has 1 unspecified atom stereocenters. The Kier molecular flexibility index (Phi) is 6.06. The van der Waals surface area contributed by atoms with Gasteiger partial charge in [-0.05, 0) is 24.1 Å². The van der Waals surface area contributed by atoms with Gasteiger partial charge in [-0.25, -0.2) is 0 Å². The lowest BCUT2D eigenvalue weighted by Gasteiger charge is -2.24. The highest BCUT2D eigenvalue weighted by Gasteiger charge is 2.42. The second-order valence-electron chi connectivity index (χ2n) is 6.71. The fourth-order valence-corrected chi connectivity index (χ4v) is 3.41. The van der Waals surface area contributed by atoms with Crippen LogP contribution in [-0.4, -0.2) is 54.0 Å². The minimum atomic E-state index is -4.89. The minimum Gasteiger partial charge on any atom is -0.469 e. The monoisotopic (exact) mass is 394 g/mol. The van der Waals surface area contributed by atoms with Crippen LogP contribution in [0.15, 0.2) is 53.1 Å². The van der Waals surface area contributed by atoms with Gasteiger partial charge in [-0.3, -0.25) is 9.59 Å². The lowest BCUT2D eigenvalue weighted by molar-refractivity contribution is -0.185. The van der Waals surface area contributed by atoms with Crippen molar-refractivity contribution in [3.05, 3.63) is 60.1 Å². The Morgan fingerprint density at radius 1 is 0.964 bits per heavy atom. The van der Waals surface area contributed by atoms with Crippen molar-refractivity contribution < 1.29 is 27.2 Å². The Morgan fingerprint density at radius 3 is 2.29 bits per heavy atom. The van der Waals surface area contributed by atoms with Gasteiger partial charge in [0.2, 0.25) is 5.91 Å². The molecule has 2 amide bonds. The molecule has 0 bridgehead atoms. The maximum absolute atomic E-state index is 12.9. The van der Waals surface area contributed by atoms with Crippen LogP contribution in [0.5, 0.6) is 0 Å². The molecule has 150 valence electrons. The molecule has 0 aliphatic carbocycles. The number of hydrogen-bond donors (Lipinski definition) is 0.